The molecule has 3 aliphatic rings. The molecule has 1 aromatic rings. The summed E-state index contributed by atoms with van der Waals surface area (Å²) >= 11 is 4.29. The molecular weight excluding hydrogens is 378 g/mol. The Morgan fingerprint density at radius 1 is 1.19 bits per heavy atom. The zero-order valence-electron chi connectivity index (χ0n) is 16.5. The van der Waals surface area contributed by atoms with Gasteiger partial charge >= 0.3 is 5.97 Å². The largest absolute Gasteiger partial charge is 0.457 e. The van der Waals surface area contributed by atoms with Crippen LogP contribution < -0.4 is 0 Å². The van der Waals surface area contributed by atoms with Gasteiger partial charge in [0.25, 0.3) is 0 Å². The second-order valence-corrected chi connectivity index (χ2v) is 11.3. The van der Waals surface area contributed by atoms with Gasteiger partial charge in [-0.1, -0.05) is 6.42 Å². The zero-order valence-corrected chi connectivity index (χ0v) is 18.1. The van der Waals surface area contributed by atoms with Crippen LogP contribution in [0, 0.1) is 31.6 Å². The number of carbonyl (C=O) groups excluding carboxylic acids is 2. The molecule has 2 aliphatic carbocycles. The van der Waals surface area contributed by atoms with Crippen molar-refractivity contribution in [2.24, 2.45) is 24.8 Å². The average Bonchev–Trinajstić information content (AvgIpc) is 3.20. The Morgan fingerprint density at radius 3 is 2.37 bits per heavy atom. The smallest absolute Gasteiger partial charge is 0.309 e. The highest BCUT2D eigenvalue weighted by Crippen LogP contribution is 2.64. The van der Waals surface area contributed by atoms with E-state index in [4.69, 9.17) is 4.74 Å². The normalized spacial score (nSPS) is 29.1. The van der Waals surface area contributed by atoms with Gasteiger partial charge in [0.15, 0.2) is 6.61 Å². The Hall–Kier alpha value is -0.880. The summed E-state index contributed by atoms with van der Waals surface area (Å²) < 4.78 is 7.87. The number of esters is 1. The number of ether oxygens (including phenoxy) is 1. The number of Topliss-reactive ketones (excluding diaryl/α,β-unsaturated/α-hetero) is 1. The maximum absolute atomic E-state index is 12.7. The number of hydrogen-bond donors (Lipinski definition) is 0. The molecule has 2 heterocycles. The second-order valence-electron chi connectivity index (χ2n) is 8.29. The van der Waals surface area contributed by atoms with E-state index in [1.807, 2.05) is 31.5 Å². The van der Waals surface area contributed by atoms with Crippen LogP contribution in [0.25, 0.3) is 0 Å². The first-order valence-corrected chi connectivity index (χ1v) is 12.0. The maximum atomic E-state index is 12.7. The number of thioether (sulfide) groups is 2. The fraction of sp³-hybridized carbons (Fsp3) is 0.714. The minimum atomic E-state index is -0.159. The lowest BCUT2D eigenvalue weighted by Gasteiger charge is -2.51. The van der Waals surface area contributed by atoms with Crippen molar-refractivity contribution in [2.45, 2.75) is 50.0 Å². The van der Waals surface area contributed by atoms with Gasteiger partial charge in [-0.05, 0) is 57.4 Å². The van der Waals surface area contributed by atoms with Crippen molar-refractivity contribution in [1.82, 2.24) is 4.57 Å². The van der Waals surface area contributed by atoms with E-state index in [1.165, 1.54) is 30.8 Å². The van der Waals surface area contributed by atoms with Crippen LogP contribution in [-0.4, -0.2) is 38.5 Å². The van der Waals surface area contributed by atoms with Crippen molar-refractivity contribution >= 4 is 35.3 Å². The van der Waals surface area contributed by atoms with Crippen LogP contribution in [0.3, 0.4) is 0 Å². The summed E-state index contributed by atoms with van der Waals surface area (Å²) in [6, 6.07) is 1.88. The molecule has 0 amide bonds. The molecular formula is C21H29NO3S2. The Morgan fingerprint density at radius 2 is 1.81 bits per heavy atom. The number of aromatic nitrogens is 1. The molecule has 27 heavy (non-hydrogen) atoms. The van der Waals surface area contributed by atoms with Gasteiger partial charge in [0.1, 0.15) is 0 Å². The summed E-state index contributed by atoms with van der Waals surface area (Å²) in [6.45, 7) is 3.77. The van der Waals surface area contributed by atoms with Gasteiger partial charge in [0, 0.05) is 35.5 Å². The molecule has 1 saturated heterocycles. The predicted molar refractivity (Wildman–Crippen MR) is 111 cm³/mol. The number of hydrogen-bond acceptors (Lipinski definition) is 5. The molecule has 1 spiro atoms. The Kier molecular flexibility index (Phi) is 5.40. The molecule has 148 valence electrons. The van der Waals surface area contributed by atoms with E-state index in [0.717, 1.165) is 24.2 Å². The number of nitrogens with zero attached hydrogens (tertiary/aromatic N) is 1. The van der Waals surface area contributed by atoms with Crippen molar-refractivity contribution in [3.63, 3.8) is 0 Å². The Balaban J connectivity index is 1.38. The van der Waals surface area contributed by atoms with Crippen molar-refractivity contribution in [2.75, 3.05) is 18.1 Å². The molecule has 0 N–H and O–H groups in total. The summed E-state index contributed by atoms with van der Waals surface area (Å²) in [5, 5.41) is 0. The molecule has 1 unspecified atom stereocenters. The topological polar surface area (TPSA) is 48.3 Å². The van der Waals surface area contributed by atoms with Gasteiger partial charge in [-0.25, -0.2) is 0 Å². The number of aryl methyl sites for hydroxylation is 1. The lowest BCUT2D eigenvalue weighted by molar-refractivity contribution is -0.150. The highest BCUT2D eigenvalue weighted by molar-refractivity contribution is 8.21. The van der Waals surface area contributed by atoms with Crippen molar-refractivity contribution in [3.05, 3.63) is 23.0 Å². The van der Waals surface area contributed by atoms with E-state index < -0.39 is 0 Å². The first-order chi connectivity index (χ1) is 12.9. The molecule has 0 aromatic carbocycles. The minimum Gasteiger partial charge on any atom is -0.457 e. The lowest BCUT2D eigenvalue weighted by Crippen LogP contribution is -2.48. The molecule has 1 aliphatic heterocycles. The first kappa shape index (κ1) is 19.4. The summed E-state index contributed by atoms with van der Waals surface area (Å²) in [5.41, 5.74) is 2.64. The lowest BCUT2D eigenvalue weighted by atomic mass is 9.67. The zero-order chi connectivity index (χ0) is 19.2. The molecule has 4 rings (SSSR count). The van der Waals surface area contributed by atoms with Gasteiger partial charge < -0.3 is 9.30 Å². The van der Waals surface area contributed by atoms with Crippen molar-refractivity contribution in [1.29, 1.82) is 0 Å². The van der Waals surface area contributed by atoms with E-state index in [0.29, 0.717) is 21.5 Å². The molecule has 3 fully saturated rings. The van der Waals surface area contributed by atoms with Gasteiger partial charge in [-0.2, -0.15) is 0 Å². The Labute approximate surface area is 170 Å². The van der Waals surface area contributed by atoms with Crippen LogP contribution >= 0.6 is 23.5 Å². The maximum Gasteiger partial charge on any atom is 0.309 e. The van der Waals surface area contributed by atoms with Crippen LogP contribution in [-0.2, 0) is 16.6 Å². The van der Waals surface area contributed by atoms with Crippen LogP contribution in [0.1, 0.15) is 53.8 Å². The van der Waals surface area contributed by atoms with Crippen LogP contribution in [0.4, 0.5) is 0 Å². The predicted octanol–water partition coefficient (Wildman–Crippen LogP) is 4.37. The Bertz CT molecular complexity index is 735. The van der Waals surface area contributed by atoms with Crippen LogP contribution in [0.5, 0.6) is 0 Å². The number of ketones is 1. The first-order valence-electron chi connectivity index (χ1n) is 10.0. The molecule has 4 nitrogen and oxygen atoms in total. The van der Waals surface area contributed by atoms with Crippen molar-refractivity contribution < 1.29 is 14.3 Å². The van der Waals surface area contributed by atoms with Gasteiger partial charge in [0.05, 0.1) is 10.00 Å². The van der Waals surface area contributed by atoms with E-state index >= 15 is 0 Å². The quantitative estimate of drug-likeness (QED) is 0.548. The third-order valence-electron chi connectivity index (χ3n) is 6.87. The summed E-state index contributed by atoms with van der Waals surface area (Å²) in [7, 11) is 1.95. The van der Waals surface area contributed by atoms with E-state index in [1.54, 1.807) is 0 Å². The fourth-order valence-corrected chi connectivity index (χ4v) is 9.21. The third-order valence-corrected chi connectivity index (χ3v) is 10.9. The third kappa shape index (κ3) is 3.37. The van der Waals surface area contributed by atoms with Gasteiger partial charge in [-0.15, -0.1) is 23.5 Å². The second kappa shape index (κ2) is 7.51. The van der Waals surface area contributed by atoms with E-state index in [9.17, 15) is 9.59 Å². The summed E-state index contributed by atoms with van der Waals surface area (Å²) in [6.07, 6.45) is 5.65. The summed E-state index contributed by atoms with van der Waals surface area (Å²) in [4.78, 5) is 25.3. The number of rotatable bonds is 4. The highest BCUT2D eigenvalue weighted by atomic mass is 32.2. The monoisotopic (exact) mass is 407 g/mol. The number of carbonyl (C=O) groups is 2. The molecule has 2 saturated carbocycles. The minimum absolute atomic E-state index is 0.0286. The molecule has 0 radical (unpaired) electrons. The fourth-order valence-electron chi connectivity index (χ4n) is 5.27. The standard InChI is InChI=1S/C21H29NO3S2/c1-13-9-18(14(2)22(13)3)19(23)12-25-20(24)15-10-16-5-4-6-17(11-15)21(16)26-7-8-27-21/h9,15-17H,4-8,10-12H2,1-3H3/t15?,16-,17+. The highest BCUT2D eigenvalue weighted by Gasteiger charge is 2.55. The molecule has 1 aromatic heterocycles. The van der Waals surface area contributed by atoms with E-state index in [-0.39, 0.29) is 24.3 Å². The van der Waals surface area contributed by atoms with Crippen molar-refractivity contribution in [3.8, 4) is 0 Å². The summed E-state index contributed by atoms with van der Waals surface area (Å²) in [5.74, 6) is 3.45. The van der Waals surface area contributed by atoms with Gasteiger partial charge in [-0.3, -0.25) is 9.59 Å². The van der Waals surface area contributed by atoms with Crippen LogP contribution in [0.2, 0.25) is 0 Å². The average molecular weight is 408 g/mol. The van der Waals surface area contributed by atoms with E-state index in [2.05, 4.69) is 23.5 Å². The molecule has 3 atom stereocenters. The SMILES string of the molecule is Cc1cc(C(=O)COC(=O)C2C[C@H]3CCC[C@@H](C2)C32SCCS2)c(C)n1C. The van der Waals surface area contributed by atoms with Crippen LogP contribution in [0.15, 0.2) is 6.07 Å². The molecule has 6 heteroatoms. The molecule has 2 bridgehead atoms. The van der Waals surface area contributed by atoms with Gasteiger partial charge in [0.2, 0.25) is 5.78 Å².